The van der Waals surface area contributed by atoms with Gasteiger partial charge in [-0.1, -0.05) is 19.1 Å². The number of ketones is 1. The Balaban J connectivity index is 2.39. The molecule has 0 aromatic heterocycles. The first-order chi connectivity index (χ1) is 6.25. The van der Waals surface area contributed by atoms with E-state index in [1.807, 2.05) is 19.1 Å². The molecule has 1 rings (SSSR count). The van der Waals surface area contributed by atoms with Crippen LogP contribution < -0.4 is 0 Å². The summed E-state index contributed by atoms with van der Waals surface area (Å²) in [7, 11) is 0. The Bertz CT molecular complexity index is 196. The molecule has 1 aliphatic rings. The number of allylic oxidation sites excluding steroid dienone is 1. The molecule has 2 nitrogen and oxygen atoms in total. The number of carbonyl (C=O) groups is 1. The second kappa shape index (κ2) is 5.18. The van der Waals surface area contributed by atoms with E-state index in [2.05, 4.69) is 6.92 Å². The molecular weight excluding hydrogens is 164 g/mol. The summed E-state index contributed by atoms with van der Waals surface area (Å²) in [6, 6.07) is 0. The summed E-state index contributed by atoms with van der Waals surface area (Å²) < 4.78 is 5.51. The van der Waals surface area contributed by atoms with E-state index in [1.54, 1.807) is 0 Å². The van der Waals surface area contributed by atoms with Gasteiger partial charge in [-0.2, -0.15) is 0 Å². The van der Waals surface area contributed by atoms with Crippen molar-refractivity contribution in [3.63, 3.8) is 0 Å². The smallest absolute Gasteiger partial charge is 0.161 e. The number of Topliss-reactive ketones (excluding diaryl/α,β-unsaturated/α-hetero) is 1. The van der Waals surface area contributed by atoms with Crippen molar-refractivity contribution in [1.82, 2.24) is 0 Å². The highest BCUT2D eigenvalue weighted by Crippen LogP contribution is 2.23. The fraction of sp³-hybridized carbons (Fsp3) is 0.727. The third-order valence-corrected chi connectivity index (χ3v) is 2.52. The lowest BCUT2D eigenvalue weighted by atomic mass is 9.87. The molecule has 1 fully saturated rings. The standard InChI is InChI=1S/C11H18O2/c1-3-4-8-13-11-9(2)6-5-7-10(11)12/h3-4,9,11H,5-8H2,1-2H3/b4-3+/t9-,11+/m1/s1. The van der Waals surface area contributed by atoms with E-state index in [9.17, 15) is 4.79 Å². The van der Waals surface area contributed by atoms with Crippen LogP contribution in [0.25, 0.3) is 0 Å². The predicted octanol–water partition coefficient (Wildman–Crippen LogP) is 2.34. The van der Waals surface area contributed by atoms with Gasteiger partial charge in [0.1, 0.15) is 6.10 Å². The number of hydrogen-bond acceptors (Lipinski definition) is 2. The highest BCUT2D eigenvalue weighted by molar-refractivity contribution is 5.84. The van der Waals surface area contributed by atoms with Crippen LogP contribution in [-0.4, -0.2) is 18.5 Å². The van der Waals surface area contributed by atoms with Crippen LogP contribution in [0.5, 0.6) is 0 Å². The summed E-state index contributed by atoms with van der Waals surface area (Å²) in [4.78, 5) is 11.4. The topological polar surface area (TPSA) is 26.3 Å². The van der Waals surface area contributed by atoms with Gasteiger partial charge in [0.15, 0.2) is 5.78 Å². The van der Waals surface area contributed by atoms with Crippen molar-refractivity contribution in [1.29, 1.82) is 0 Å². The monoisotopic (exact) mass is 182 g/mol. The van der Waals surface area contributed by atoms with Crippen LogP contribution >= 0.6 is 0 Å². The molecule has 0 aromatic carbocycles. The summed E-state index contributed by atoms with van der Waals surface area (Å²) in [5, 5.41) is 0. The van der Waals surface area contributed by atoms with Crippen LogP contribution in [0.4, 0.5) is 0 Å². The number of rotatable bonds is 3. The maximum absolute atomic E-state index is 11.4. The largest absolute Gasteiger partial charge is 0.366 e. The zero-order valence-corrected chi connectivity index (χ0v) is 8.45. The molecule has 0 radical (unpaired) electrons. The Labute approximate surface area is 80.0 Å². The van der Waals surface area contributed by atoms with Gasteiger partial charge in [0.2, 0.25) is 0 Å². The molecule has 0 bridgehead atoms. The van der Waals surface area contributed by atoms with Crippen molar-refractivity contribution >= 4 is 5.78 Å². The first kappa shape index (κ1) is 10.5. The molecule has 1 aliphatic carbocycles. The second-order valence-corrected chi connectivity index (χ2v) is 3.66. The molecule has 0 amide bonds. The first-order valence-corrected chi connectivity index (χ1v) is 5.01. The molecule has 13 heavy (non-hydrogen) atoms. The van der Waals surface area contributed by atoms with Crippen LogP contribution in [0.1, 0.15) is 33.1 Å². The summed E-state index contributed by atoms with van der Waals surface area (Å²) >= 11 is 0. The van der Waals surface area contributed by atoms with E-state index < -0.39 is 0 Å². The number of hydrogen-bond donors (Lipinski definition) is 0. The zero-order chi connectivity index (χ0) is 9.68. The van der Waals surface area contributed by atoms with E-state index in [0.717, 1.165) is 12.8 Å². The zero-order valence-electron chi connectivity index (χ0n) is 8.45. The van der Waals surface area contributed by atoms with Crippen molar-refractivity contribution in [2.45, 2.75) is 39.2 Å². The lowest BCUT2D eigenvalue weighted by Crippen LogP contribution is -2.34. The van der Waals surface area contributed by atoms with E-state index in [4.69, 9.17) is 4.74 Å². The maximum atomic E-state index is 11.4. The molecule has 0 spiro atoms. The fourth-order valence-corrected chi connectivity index (χ4v) is 1.72. The Morgan fingerprint density at radius 2 is 2.38 bits per heavy atom. The molecule has 0 unspecified atom stereocenters. The minimum atomic E-state index is -0.148. The van der Waals surface area contributed by atoms with E-state index in [1.165, 1.54) is 0 Å². The summed E-state index contributed by atoms with van der Waals surface area (Å²) in [5.74, 6) is 0.676. The third kappa shape index (κ3) is 2.96. The summed E-state index contributed by atoms with van der Waals surface area (Å²) in [5.41, 5.74) is 0. The van der Waals surface area contributed by atoms with Gasteiger partial charge >= 0.3 is 0 Å². The normalized spacial score (nSPS) is 29.8. The van der Waals surface area contributed by atoms with Crippen LogP contribution in [0.3, 0.4) is 0 Å². The highest BCUT2D eigenvalue weighted by Gasteiger charge is 2.28. The van der Waals surface area contributed by atoms with E-state index in [-0.39, 0.29) is 11.9 Å². The van der Waals surface area contributed by atoms with Crippen molar-refractivity contribution < 1.29 is 9.53 Å². The van der Waals surface area contributed by atoms with Crippen molar-refractivity contribution in [2.75, 3.05) is 6.61 Å². The molecule has 1 saturated carbocycles. The van der Waals surface area contributed by atoms with Gasteiger partial charge in [-0.15, -0.1) is 0 Å². The Kier molecular flexibility index (Phi) is 4.16. The quantitative estimate of drug-likeness (QED) is 0.626. The van der Waals surface area contributed by atoms with Gasteiger partial charge in [-0.3, -0.25) is 4.79 Å². The Morgan fingerprint density at radius 1 is 1.62 bits per heavy atom. The molecule has 0 N–H and O–H groups in total. The Morgan fingerprint density at radius 3 is 3.00 bits per heavy atom. The molecule has 74 valence electrons. The lowest BCUT2D eigenvalue weighted by molar-refractivity contribution is -0.135. The molecule has 2 atom stereocenters. The Hall–Kier alpha value is -0.630. The van der Waals surface area contributed by atoms with Crippen molar-refractivity contribution in [3.8, 4) is 0 Å². The number of carbonyl (C=O) groups excluding carboxylic acids is 1. The summed E-state index contributed by atoms with van der Waals surface area (Å²) in [6.45, 7) is 4.62. The summed E-state index contributed by atoms with van der Waals surface area (Å²) in [6.07, 6.45) is 6.58. The van der Waals surface area contributed by atoms with Gasteiger partial charge in [0.25, 0.3) is 0 Å². The molecule has 0 aliphatic heterocycles. The maximum Gasteiger partial charge on any atom is 0.161 e. The second-order valence-electron chi connectivity index (χ2n) is 3.66. The lowest BCUT2D eigenvalue weighted by Gasteiger charge is -2.26. The van der Waals surface area contributed by atoms with Crippen molar-refractivity contribution in [3.05, 3.63) is 12.2 Å². The molecule has 0 heterocycles. The highest BCUT2D eigenvalue weighted by atomic mass is 16.5. The first-order valence-electron chi connectivity index (χ1n) is 5.01. The van der Waals surface area contributed by atoms with Crippen LogP contribution in [0, 0.1) is 5.92 Å². The van der Waals surface area contributed by atoms with Crippen LogP contribution in [0.2, 0.25) is 0 Å². The average molecular weight is 182 g/mol. The molecule has 2 heteroatoms. The molecular formula is C11H18O2. The van der Waals surface area contributed by atoms with E-state index >= 15 is 0 Å². The van der Waals surface area contributed by atoms with Gasteiger partial charge in [-0.05, 0) is 25.7 Å². The molecule has 0 saturated heterocycles. The van der Waals surface area contributed by atoms with E-state index in [0.29, 0.717) is 18.9 Å². The van der Waals surface area contributed by atoms with Crippen LogP contribution in [0.15, 0.2) is 12.2 Å². The average Bonchev–Trinajstić information content (AvgIpc) is 2.10. The van der Waals surface area contributed by atoms with Gasteiger partial charge in [0, 0.05) is 6.42 Å². The fourth-order valence-electron chi connectivity index (χ4n) is 1.72. The minimum Gasteiger partial charge on any atom is -0.366 e. The van der Waals surface area contributed by atoms with Crippen LogP contribution in [-0.2, 0) is 9.53 Å². The van der Waals surface area contributed by atoms with Gasteiger partial charge in [-0.25, -0.2) is 0 Å². The third-order valence-electron chi connectivity index (χ3n) is 2.52. The van der Waals surface area contributed by atoms with Gasteiger partial charge in [0.05, 0.1) is 6.61 Å². The predicted molar refractivity (Wildman–Crippen MR) is 52.6 cm³/mol. The number of ether oxygens (including phenoxy) is 1. The molecule has 0 aromatic rings. The van der Waals surface area contributed by atoms with Gasteiger partial charge < -0.3 is 4.74 Å². The SMILES string of the molecule is C/C=C/CO[C@@H]1C(=O)CCC[C@H]1C. The van der Waals surface area contributed by atoms with Crippen molar-refractivity contribution in [2.24, 2.45) is 5.92 Å². The minimum absolute atomic E-state index is 0.148.